The monoisotopic (exact) mass is 396 g/mol. The van der Waals surface area contributed by atoms with Gasteiger partial charge in [0.05, 0.1) is 22.1 Å². The molecule has 1 aromatic carbocycles. The minimum Gasteiger partial charge on any atom is -0.281 e. The molecule has 0 saturated carbocycles. The van der Waals surface area contributed by atoms with E-state index in [0.29, 0.717) is 16.4 Å². The van der Waals surface area contributed by atoms with Crippen molar-refractivity contribution in [2.24, 2.45) is 0 Å². The SMILES string of the molecule is Cc1nc(-c2ccccc2Cl)sc1CNS(=O)(=O)c1c(C)n[nH]c1C. The molecule has 3 aromatic rings. The molecule has 0 radical (unpaired) electrons. The number of hydrogen-bond donors (Lipinski definition) is 2. The minimum absolute atomic E-state index is 0.167. The van der Waals surface area contributed by atoms with Crippen LogP contribution in [0.4, 0.5) is 0 Å². The van der Waals surface area contributed by atoms with Crippen molar-refractivity contribution >= 4 is 33.0 Å². The van der Waals surface area contributed by atoms with Gasteiger partial charge in [-0.05, 0) is 26.8 Å². The number of hydrogen-bond acceptors (Lipinski definition) is 5. The van der Waals surface area contributed by atoms with E-state index < -0.39 is 10.0 Å². The van der Waals surface area contributed by atoms with Crippen molar-refractivity contribution in [2.75, 3.05) is 0 Å². The molecular formula is C16H17ClN4O2S2. The van der Waals surface area contributed by atoms with E-state index in [1.54, 1.807) is 19.9 Å². The highest BCUT2D eigenvalue weighted by atomic mass is 35.5. The van der Waals surface area contributed by atoms with E-state index in [1.807, 2.05) is 25.1 Å². The summed E-state index contributed by atoms with van der Waals surface area (Å²) in [5.74, 6) is 0. The molecule has 132 valence electrons. The summed E-state index contributed by atoms with van der Waals surface area (Å²) in [6.07, 6.45) is 0. The second kappa shape index (κ2) is 6.87. The van der Waals surface area contributed by atoms with Crippen LogP contribution in [0.5, 0.6) is 0 Å². The molecule has 0 amide bonds. The van der Waals surface area contributed by atoms with Crippen LogP contribution in [0.3, 0.4) is 0 Å². The topological polar surface area (TPSA) is 87.7 Å². The van der Waals surface area contributed by atoms with Crippen LogP contribution >= 0.6 is 22.9 Å². The summed E-state index contributed by atoms with van der Waals surface area (Å²) in [4.78, 5) is 5.56. The van der Waals surface area contributed by atoms with Crippen molar-refractivity contribution in [3.63, 3.8) is 0 Å². The van der Waals surface area contributed by atoms with Crippen molar-refractivity contribution < 1.29 is 8.42 Å². The van der Waals surface area contributed by atoms with Gasteiger partial charge in [-0.2, -0.15) is 5.10 Å². The molecule has 25 heavy (non-hydrogen) atoms. The molecule has 0 unspecified atom stereocenters. The van der Waals surface area contributed by atoms with Gasteiger partial charge in [0.2, 0.25) is 10.0 Å². The first-order valence-corrected chi connectivity index (χ1v) is 10.2. The summed E-state index contributed by atoms with van der Waals surface area (Å²) in [6, 6.07) is 7.45. The summed E-state index contributed by atoms with van der Waals surface area (Å²) in [7, 11) is -3.65. The zero-order valence-corrected chi connectivity index (χ0v) is 16.3. The standard InChI is InChI=1S/C16H17ClN4O2S2/c1-9-14(24-16(19-9)12-6-4-5-7-13(12)17)8-18-25(22,23)15-10(2)20-21-11(15)3/h4-7,18H,8H2,1-3H3,(H,20,21). The molecule has 0 fully saturated rings. The van der Waals surface area contributed by atoms with Gasteiger partial charge in [-0.3, -0.25) is 5.10 Å². The highest BCUT2D eigenvalue weighted by molar-refractivity contribution is 7.89. The molecule has 0 atom stereocenters. The highest BCUT2D eigenvalue weighted by Crippen LogP contribution is 2.32. The molecule has 0 spiro atoms. The molecule has 0 bridgehead atoms. The molecular weight excluding hydrogens is 380 g/mol. The van der Waals surface area contributed by atoms with Gasteiger partial charge < -0.3 is 0 Å². The van der Waals surface area contributed by atoms with Crippen LogP contribution in [0.25, 0.3) is 10.6 Å². The summed E-state index contributed by atoms with van der Waals surface area (Å²) >= 11 is 7.64. The lowest BCUT2D eigenvalue weighted by Gasteiger charge is -2.06. The van der Waals surface area contributed by atoms with Gasteiger partial charge in [0, 0.05) is 17.0 Å². The van der Waals surface area contributed by atoms with E-state index in [-0.39, 0.29) is 11.4 Å². The maximum absolute atomic E-state index is 12.5. The number of benzene rings is 1. The quantitative estimate of drug-likeness (QED) is 0.689. The van der Waals surface area contributed by atoms with Crippen molar-refractivity contribution in [1.29, 1.82) is 0 Å². The molecule has 9 heteroatoms. The van der Waals surface area contributed by atoms with E-state index in [1.165, 1.54) is 11.3 Å². The zero-order valence-electron chi connectivity index (χ0n) is 13.9. The van der Waals surface area contributed by atoms with Gasteiger partial charge in [0.1, 0.15) is 9.90 Å². The van der Waals surface area contributed by atoms with Gasteiger partial charge in [0.15, 0.2) is 0 Å². The number of sulfonamides is 1. The van der Waals surface area contributed by atoms with Crippen molar-refractivity contribution in [3.05, 3.63) is 51.2 Å². The lowest BCUT2D eigenvalue weighted by atomic mass is 10.2. The first-order chi connectivity index (χ1) is 11.8. The lowest BCUT2D eigenvalue weighted by Crippen LogP contribution is -2.24. The first kappa shape index (κ1) is 18.1. The number of nitrogens with zero attached hydrogens (tertiary/aromatic N) is 2. The number of rotatable bonds is 5. The Bertz CT molecular complexity index is 1010. The van der Waals surface area contributed by atoms with Crippen LogP contribution < -0.4 is 4.72 Å². The molecule has 0 aliphatic rings. The first-order valence-electron chi connectivity index (χ1n) is 7.52. The molecule has 2 aromatic heterocycles. The highest BCUT2D eigenvalue weighted by Gasteiger charge is 2.23. The van der Waals surface area contributed by atoms with Crippen LogP contribution in [0.1, 0.15) is 22.0 Å². The zero-order chi connectivity index (χ0) is 18.2. The Hall–Kier alpha value is -1.74. The van der Waals surface area contributed by atoms with Crippen LogP contribution in [0.2, 0.25) is 5.02 Å². The van der Waals surface area contributed by atoms with Gasteiger partial charge >= 0.3 is 0 Å². The van der Waals surface area contributed by atoms with E-state index in [2.05, 4.69) is 19.9 Å². The molecule has 0 aliphatic heterocycles. The lowest BCUT2D eigenvalue weighted by molar-refractivity contribution is 0.580. The van der Waals surface area contributed by atoms with E-state index >= 15 is 0 Å². The third-order valence-electron chi connectivity index (χ3n) is 3.75. The van der Waals surface area contributed by atoms with Crippen molar-refractivity contribution in [2.45, 2.75) is 32.2 Å². The third kappa shape index (κ3) is 3.62. The smallest absolute Gasteiger partial charge is 0.244 e. The Morgan fingerprint density at radius 1 is 1.20 bits per heavy atom. The van der Waals surface area contributed by atoms with Gasteiger partial charge in [-0.1, -0.05) is 29.8 Å². The minimum atomic E-state index is -3.65. The maximum atomic E-state index is 12.5. The normalized spacial score (nSPS) is 11.8. The maximum Gasteiger partial charge on any atom is 0.244 e. The van der Waals surface area contributed by atoms with E-state index in [0.717, 1.165) is 21.1 Å². The Morgan fingerprint density at radius 3 is 2.56 bits per heavy atom. The van der Waals surface area contributed by atoms with Gasteiger partial charge in [-0.25, -0.2) is 18.1 Å². The molecule has 2 N–H and O–H groups in total. The van der Waals surface area contributed by atoms with Crippen molar-refractivity contribution in [1.82, 2.24) is 19.9 Å². The van der Waals surface area contributed by atoms with E-state index in [4.69, 9.17) is 11.6 Å². The van der Waals surface area contributed by atoms with Gasteiger partial charge in [0.25, 0.3) is 0 Å². The summed E-state index contributed by atoms with van der Waals surface area (Å²) < 4.78 is 27.7. The molecule has 6 nitrogen and oxygen atoms in total. The number of aryl methyl sites for hydroxylation is 3. The van der Waals surface area contributed by atoms with Gasteiger partial charge in [-0.15, -0.1) is 11.3 Å². The average Bonchev–Trinajstić information content (AvgIpc) is 3.08. The fourth-order valence-electron chi connectivity index (χ4n) is 2.51. The average molecular weight is 397 g/mol. The number of aromatic amines is 1. The van der Waals surface area contributed by atoms with Crippen LogP contribution in [-0.2, 0) is 16.6 Å². The van der Waals surface area contributed by atoms with Crippen LogP contribution in [0, 0.1) is 20.8 Å². The van der Waals surface area contributed by atoms with Crippen LogP contribution in [-0.4, -0.2) is 23.6 Å². The Kier molecular flexibility index (Phi) is 4.97. The second-order valence-electron chi connectivity index (χ2n) is 5.60. The predicted octanol–water partition coefficient (Wildman–Crippen LogP) is 3.59. The Balaban J connectivity index is 1.84. The molecule has 0 saturated heterocycles. The number of H-pyrrole nitrogens is 1. The molecule has 3 rings (SSSR count). The summed E-state index contributed by atoms with van der Waals surface area (Å²) in [5.41, 5.74) is 2.58. The largest absolute Gasteiger partial charge is 0.281 e. The fraction of sp³-hybridized carbons (Fsp3) is 0.250. The Morgan fingerprint density at radius 2 is 1.92 bits per heavy atom. The molecule has 0 aliphatic carbocycles. The van der Waals surface area contributed by atoms with Crippen LogP contribution in [0.15, 0.2) is 29.2 Å². The van der Waals surface area contributed by atoms with E-state index in [9.17, 15) is 8.42 Å². The summed E-state index contributed by atoms with van der Waals surface area (Å²) in [5, 5.41) is 8.02. The number of nitrogens with one attached hydrogen (secondary N) is 2. The predicted molar refractivity (Wildman–Crippen MR) is 99.4 cm³/mol. The summed E-state index contributed by atoms with van der Waals surface area (Å²) in [6.45, 7) is 5.36. The fourth-order valence-corrected chi connectivity index (χ4v) is 5.29. The number of aromatic nitrogens is 3. The number of thiazole rings is 1. The second-order valence-corrected chi connectivity index (χ2v) is 8.79. The third-order valence-corrected chi connectivity index (χ3v) is 6.93. The van der Waals surface area contributed by atoms with Crippen molar-refractivity contribution in [3.8, 4) is 10.6 Å². The molecule has 2 heterocycles. The number of halogens is 1. The Labute approximate surface area is 155 Å².